The summed E-state index contributed by atoms with van der Waals surface area (Å²) in [5, 5.41) is 0. The summed E-state index contributed by atoms with van der Waals surface area (Å²) < 4.78 is 0. The molecule has 28 valence electrons. The molecule has 2 aliphatic rings. The molecule has 0 unspecified atom stereocenters. The summed E-state index contributed by atoms with van der Waals surface area (Å²) >= 11 is 0. The van der Waals surface area contributed by atoms with Crippen molar-refractivity contribution in [3.05, 3.63) is 0 Å². The highest BCUT2D eigenvalue weighted by Crippen LogP contribution is 2.55. The van der Waals surface area contributed by atoms with Gasteiger partial charge in [0.15, 0.2) is 0 Å². The smallest absolute Gasteiger partial charge is 0.0383 e. The summed E-state index contributed by atoms with van der Waals surface area (Å²) in [4.78, 5) is 0. The van der Waals surface area contributed by atoms with Crippen molar-refractivity contribution in [2.75, 3.05) is 0 Å². The van der Waals surface area contributed by atoms with E-state index < -0.39 is 0 Å². The van der Waals surface area contributed by atoms with Crippen molar-refractivity contribution in [3.63, 3.8) is 0 Å². The molecule has 0 N–H and O–H groups in total. The van der Waals surface area contributed by atoms with Crippen LogP contribution < -0.4 is 0 Å². The van der Waals surface area contributed by atoms with Gasteiger partial charge in [-0.05, 0) is 31.1 Å². The third-order valence-electron chi connectivity index (χ3n) is 1.98. The largest absolute Gasteiger partial charge is 0.0499 e. The molecule has 0 saturated heterocycles. The maximum Gasteiger partial charge on any atom is -0.0383 e. The third-order valence-corrected chi connectivity index (χ3v) is 1.98. The Morgan fingerprint density at radius 1 is 1.00 bits per heavy atom. The van der Waals surface area contributed by atoms with E-state index in [-0.39, 0.29) is 0 Å². The Bertz CT molecular complexity index is 45.1. The summed E-state index contributed by atoms with van der Waals surface area (Å²) in [5.74, 6) is 2.46. The van der Waals surface area contributed by atoms with Gasteiger partial charge in [-0.3, -0.25) is 0 Å². The first-order valence-corrected chi connectivity index (χ1v) is 2.47. The molecule has 2 rings (SSSR count). The summed E-state index contributed by atoms with van der Waals surface area (Å²) in [6.07, 6.45) is 4.70. The zero-order valence-electron chi connectivity index (χ0n) is 3.28. The van der Waals surface area contributed by atoms with Gasteiger partial charge < -0.3 is 0 Å². The molecular weight excluding hydrogens is 60.1 g/mol. The molecule has 0 heteroatoms. The van der Waals surface area contributed by atoms with Crippen molar-refractivity contribution in [3.8, 4) is 0 Å². The number of hydrogen-bond acceptors (Lipinski definition) is 0. The highest BCUT2D eigenvalue weighted by molar-refractivity contribution is 4.95. The average Bonchev–Trinajstić information content (AvgIpc) is 1.74. The SMILES string of the molecule is C1C[C@@H]2C[C@@H]12. The number of hydrogen-bond donors (Lipinski definition) is 0. The van der Waals surface area contributed by atoms with Crippen molar-refractivity contribution in [1.29, 1.82) is 0 Å². The molecule has 0 nitrogen and oxygen atoms in total. The molecule has 2 aliphatic carbocycles. The standard InChI is InChI=1S/C5H8/c1-2-5-3-4(1)5/h4-5H,1-3H2/t4-,5-/m1/s1. The molecule has 5 heavy (non-hydrogen) atoms. The predicted molar refractivity (Wildman–Crippen MR) is 20.8 cm³/mol. The second kappa shape index (κ2) is 0.444. The van der Waals surface area contributed by atoms with Crippen LogP contribution in [0.1, 0.15) is 19.3 Å². The van der Waals surface area contributed by atoms with Gasteiger partial charge in [0.2, 0.25) is 0 Å². The molecule has 0 heterocycles. The van der Waals surface area contributed by atoms with E-state index in [1.54, 1.807) is 19.3 Å². The van der Waals surface area contributed by atoms with Gasteiger partial charge in [0.25, 0.3) is 0 Å². The van der Waals surface area contributed by atoms with E-state index in [1.165, 1.54) is 11.8 Å². The van der Waals surface area contributed by atoms with Gasteiger partial charge in [0.05, 0.1) is 0 Å². The molecular formula is C5H8. The van der Waals surface area contributed by atoms with Gasteiger partial charge in [-0.2, -0.15) is 0 Å². The van der Waals surface area contributed by atoms with Crippen molar-refractivity contribution in [2.45, 2.75) is 19.3 Å². The van der Waals surface area contributed by atoms with E-state index in [9.17, 15) is 0 Å². The van der Waals surface area contributed by atoms with Crippen LogP contribution in [-0.4, -0.2) is 0 Å². The van der Waals surface area contributed by atoms with E-state index >= 15 is 0 Å². The molecule has 0 radical (unpaired) electrons. The fourth-order valence-electron chi connectivity index (χ4n) is 1.18. The molecule has 2 fully saturated rings. The molecule has 2 saturated carbocycles. The highest BCUT2D eigenvalue weighted by atomic mass is 14.5. The molecule has 0 bridgehead atoms. The van der Waals surface area contributed by atoms with Crippen LogP contribution in [0.15, 0.2) is 0 Å². The highest BCUT2D eigenvalue weighted by Gasteiger charge is 2.44. The Morgan fingerprint density at radius 3 is 1.60 bits per heavy atom. The van der Waals surface area contributed by atoms with Crippen LogP contribution in [0.5, 0.6) is 0 Å². The summed E-state index contributed by atoms with van der Waals surface area (Å²) in [7, 11) is 0. The molecule has 0 aromatic carbocycles. The number of rotatable bonds is 0. The van der Waals surface area contributed by atoms with Gasteiger partial charge in [-0.15, -0.1) is 0 Å². The van der Waals surface area contributed by atoms with E-state index in [0.29, 0.717) is 0 Å². The second-order valence-electron chi connectivity index (χ2n) is 2.33. The normalized spacial score (nSPS) is 57.6. The van der Waals surface area contributed by atoms with Crippen molar-refractivity contribution in [2.24, 2.45) is 11.8 Å². The van der Waals surface area contributed by atoms with Gasteiger partial charge in [-0.1, -0.05) is 0 Å². The van der Waals surface area contributed by atoms with Crippen LogP contribution in [0.2, 0.25) is 0 Å². The monoisotopic (exact) mass is 68.1 g/mol. The molecule has 0 aromatic rings. The van der Waals surface area contributed by atoms with Crippen LogP contribution in [0.25, 0.3) is 0 Å². The van der Waals surface area contributed by atoms with Crippen LogP contribution in [-0.2, 0) is 0 Å². The fourth-order valence-corrected chi connectivity index (χ4v) is 1.18. The van der Waals surface area contributed by atoms with Gasteiger partial charge in [0, 0.05) is 0 Å². The minimum Gasteiger partial charge on any atom is -0.0499 e. The van der Waals surface area contributed by atoms with E-state index in [1.807, 2.05) is 0 Å². The first-order valence-electron chi connectivity index (χ1n) is 2.47. The molecule has 0 amide bonds. The average molecular weight is 68.1 g/mol. The van der Waals surface area contributed by atoms with E-state index in [4.69, 9.17) is 0 Å². The first-order chi connectivity index (χ1) is 2.47. The van der Waals surface area contributed by atoms with Crippen LogP contribution >= 0.6 is 0 Å². The minimum absolute atomic E-state index is 1.23. The predicted octanol–water partition coefficient (Wildman–Crippen LogP) is 1.42. The Kier molecular flexibility index (Phi) is 0.198. The topological polar surface area (TPSA) is 0 Å². The zero-order valence-corrected chi connectivity index (χ0v) is 3.28. The lowest BCUT2D eigenvalue weighted by Crippen LogP contribution is -1.93. The summed E-state index contributed by atoms with van der Waals surface area (Å²) in [6, 6.07) is 0. The third kappa shape index (κ3) is 0.132. The zero-order chi connectivity index (χ0) is 3.28. The first kappa shape index (κ1) is 2.22. The van der Waals surface area contributed by atoms with Crippen LogP contribution in [0.3, 0.4) is 0 Å². The Balaban J connectivity index is 2.19. The van der Waals surface area contributed by atoms with E-state index in [0.717, 1.165) is 0 Å². The quantitative estimate of drug-likeness (QED) is 0.402. The lowest BCUT2D eigenvalue weighted by molar-refractivity contribution is 0.468. The lowest BCUT2D eigenvalue weighted by atomic mass is 10.0. The van der Waals surface area contributed by atoms with Crippen LogP contribution in [0.4, 0.5) is 0 Å². The number of fused-ring (bicyclic) bond motifs is 1. The maximum atomic E-state index is 1.58. The maximum absolute atomic E-state index is 1.58. The van der Waals surface area contributed by atoms with Gasteiger partial charge >= 0.3 is 0 Å². The van der Waals surface area contributed by atoms with Gasteiger partial charge in [-0.25, -0.2) is 0 Å². The molecule has 0 aliphatic heterocycles. The van der Waals surface area contributed by atoms with Crippen molar-refractivity contribution >= 4 is 0 Å². The van der Waals surface area contributed by atoms with Crippen molar-refractivity contribution in [1.82, 2.24) is 0 Å². The van der Waals surface area contributed by atoms with Crippen molar-refractivity contribution < 1.29 is 0 Å². The molecule has 0 aromatic heterocycles. The van der Waals surface area contributed by atoms with Gasteiger partial charge in [0.1, 0.15) is 0 Å². The second-order valence-corrected chi connectivity index (χ2v) is 2.33. The Labute approximate surface area is 32.2 Å². The molecule has 0 spiro atoms. The molecule has 2 atom stereocenters. The fraction of sp³-hybridized carbons (Fsp3) is 1.00. The lowest BCUT2D eigenvalue weighted by Gasteiger charge is -2.04. The Hall–Kier alpha value is 0. The Morgan fingerprint density at radius 2 is 1.60 bits per heavy atom. The van der Waals surface area contributed by atoms with Crippen LogP contribution in [0, 0.1) is 11.8 Å². The summed E-state index contributed by atoms with van der Waals surface area (Å²) in [5.41, 5.74) is 0. The van der Waals surface area contributed by atoms with E-state index in [2.05, 4.69) is 0 Å². The minimum atomic E-state index is 1.23. The summed E-state index contributed by atoms with van der Waals surface area (Å²) in [6.45, 7) is 0.